The van der Waals surface area contributed by atoms with Crippen molar-refractivity contribution < 1.29 is 0 Å². The van der Waals surface area contributed by atoms with E-state index in [2.05, 4.69) is 32.2 Å². The third-order valence-electron chi connectivity index (χ3n) is 3.95. The fourth-order valence-corrected chi connectivity index (χ4v) is 2.94. The van der Waals surface area contributed by atoms with Crippen molar-refractivity contribution in [1.29, 1.82) is 0 Å². The highest BCUT2D eigenvalue weighted by Crippen LogP contribution is 2.15. The Morgan fingerprint density at radius 1 is 1.40 bits per heavy atom. The number of pyridine rings is 1. The Balaban J connectivity index is 1.60. The van der Waals surface area contributed by atoms with E-state index in [1.807, 2.05) is 18.5 Å². The van der Waals surface area contributed by atoms with Crippen LogP contribution in [0.25, 0.3) is 10.9 Å². The predicted octanol–water partition coefficient (Wildman–Crippen LogP) is 1.46. The summed E-state index contributed by atoms with van der Waals surface area (Å²) < 4.78 is 0. The lowest BCUT2D eigenvalue weighted by atomic mass is 9.98. The number of nitrogens with one attached hydrogen (secondary N) is 1. The van der Waals surface area contributed by atoms with Crippen molar-refractivity contribution in [1.82, 2.24) is 25.2 Å². The van der Waals surface area contributed by atoms with Gasteiger partial charge in [-0.3, -0.25) is 4.98 Å². The summed E-state index contributed by atoms with van der Waals surface area (Å²) in [5, 5.41) is 4.59. The molecule has 0 aliphatic carbocycles. The van der Waals surface area contributed by atoms with E-state index >= 15 is 0 Å². The fourth-order valence-electron chi connectivity index (χ4n) is 2.94. The zero-order valence-electron chi connectivity index (χ0n) is 11.9. The molecule has 0 saturated carbocycles. The molecule has 0 radical (unpaired) electrons. The Morgan fingerprint density at radius 3 is 3.25 bits per heavy atom. The van der Waals surface area contributed by atoms with E-state index in [1.165, 1.54) is 25.9 Å². The first-order valence-corrected chi connectivity index (χ1v) is 7.26. The predicted molar refractivity (Wildman–Crippen MR) is 79.3 cm³/mol. The summed E-state index contributed by atoms with van der Waals surface area (Å²) >= 11 is 0. The number of fused-ring (bicyclic) bond motifs is 1. The van der Waals surface area contributed by atoms with Gasteiger partial charge in [0, 0.05) is 30.9 Å². The number of hydrogen-bond donors (Lipinski definition) is 1. The number of hydrogen-bond acceptors (Lipinski definition) is 5. The van der Waals surface area contributed by atoms with Gasteiger partial charge in [-0.15, -0.1) is 0 Å². The average molecular weight is 271 g/mol. The molecule has 1 atom stereocenters. The lowest BCUT2D eigenvalue weighted by Crippen LogP contribution is -2.37. The molecule has 0 bridgehead atoms. The summed E-state index contributed by atoms with van der Waals surface area (Å²) in [5.74, 6) is 0.748. The normalized spacial score (nSPS) is 20.4. The average Bonchev–Trinajstić information content (AvgIpc) is 2.48. The topological polar surface area (TPSA) is 53.9 Å². The van der Waals surface area contributed by atoms with Crippen LogP contribution >= 0.6 is 0 Å². The minimum atomic E-state index is 0.748. The van der Waals surface area contributed by atoms with Crippen LogP contribution < -0.4 is 5.32 Å². The Morgan fingerprint density at radius 2 is 2.35 bits per heavy atom. The zero-order chi connectivity index (χ0) is 13.8. The Bertz CT molecular complexity index is 566. The van der Waals surface area contributed by atoms with E-state index in [1.54, 1.807) is 6.33 Å². The van der Waals surface area contributed by atoms with Gasteiger partial charge in [0.1, 0.15) is 6.33 Å². The summed E-state index contributed by atoms with van der Waals surface area (Å²) in [4.78, 5) is 15.2. The smallest absolute Gasteiger partial charge is 0.116 e. The highest BCUT2D eigenvalue weighted by molar-refractivity contribution is 5.78. The first kappa shape index (κ1) is 13.4. The van der Waals surface area contributed by atoms with E-state index in [9.17, 15) is 0 Å². The van der Waals surface area contributed by atoms with Crippen LogP contribution in [0, 0.1) is 5.92 Å². The van der Waals surface area contributed by atoms with Crippen molar-refractivity contribution in [2.45, 2.75) is 19.4 Å². The second kappa shape index (κ2) is 6.24. The molecule has 3 rings (SSSR count). The van der Waals surface area contributed by atoms with E-state index in [4.69, 9.17) is 0 Å². The highest BCUT2D eigenvalue weighted by Gasteiger charge is 2.16. The van der Waals surface area contributed by atoms with Crippen molar-refractivity contribution in [2.24, 2.45) is 5.92 Å². The molecule has 5 nitrogen and oxygen atoms in total. The molecule has 20 heavy (non-hydrogen) atoms. The second-order valence-corrected chi connectivity index (χ2v) is 5.62. The number of nitrogens with zero attached hydrogens (tertiary/aromatic N) is 4. The lowest BCUT2D eigenvalue weighted by Gasteiger charge is -2.29. The number of aromatic nitrogens is 3. The molecule has 0 amide bonds. The van der Waals surface area contributed by atoms with Crippen LogP contribution in [0.4, 0.5) is 0 Å². The van der Waals surface area contributed by atoms with E-state index in [-0.39, 0.29) is 0 Å². The zero-order valence-corrected chi connectivity index (χ0v) is 11.9. The van der Waals surface area contributed by atoms with E-state index in [0.29, 0.717) is 0 Å². The molecule has 2 aromatic rings. The summed E-state index contributed by atoms with van der Waals surface area (Å²) in [6.45, 7) is 4.25. The monoisotopic (exact) mass is 271 g/mol. The molecule has 0 aromatic carbocycles. The summed E-state index contributed by atoms with van der Waals surface area (Å²) in [5.41, 5.74) is 1.96. The maximum Gasteiger partial charge on any atom is 0.116 e. The molecule has 1 saturated heterocycles. The third kappa shape index (κ3) is 3.11. The van der Waals surface area contributed by atoms with Crippen LogP contribution in [0.15, 0.2) is 24.8 Å². The fraction of sp³-hybridized carbons (Fsp3) is 0.533. The Kier molecular flexibility index (Phi) is 4.18. The van der Waals surface area contributed by atoms with Gasteiger partial charge in [0.05, 0.1) is 11.2 Å². The second-order valence-electron chi connectivity index (χ2n) is 5.62. The minimum absolute atomic E-state index is 0.748. The molecule has 3 heterocycles. The molecule has 1 aliphatic rings. The highest BCUT2D eigenvalue weighted by atomic mass is 15.1. The van der Waals surface area contributed by atoms with Gasteiger partial charge in [-0.05, 0) is 45.0 Å². The molecule has 1 aliphatic heterocycles. The van der Waals surface area contributed by atoms with Crippen molar-refractivity contribution in [3.8, 4) is 0 Å². The molecule has 1 N–H and O–H groups in total. The SMILES string of the molecule is CN1CCCC(CNCc2nccc3cncnc23)C1. The van der Waals surface area contributed by atoms with Gasteiger partial charge in [0.25, 0.3) is 0 Å². The molecule has 5 heteroatoms. The number of rotatable bonds is 4. The van der Waals surface area contributed by atoms with Crippen LogP contribution in [-0.4, -0.2) is 46.5 Å². The van der Waals surface area contributed by atoms with Crippen molar-refractivity contribution in [3.63, 3.8) is 0 Å². The van der Waals surface area contributed by atoms with Crippen LogP contribution in [0.1, 0.15) is 18.5 Å². The third-order valence-corrected chi connectivity index (χ3v) is 3.95. The first-order valence-electron chi connectivity index (χ1n) is 7.26. The van der Waals surface area contributed by atoms with Crippen LogP contribution in [0.5, 0.6) is 0 Å². The maximum atomic E-state index is 4.44. The molecular formula is C15H21N5. The van der Waals surface area contributed by atoms with E-state index < -0.39 is 0 Å². The van der Waals surface area contributed by atoms with Crippen LogP contribution in [-0.2, 0) is 6.54 Å². The Hall–Kier alpha value is -1.59. The van der Waals surface area contributed by atoms with Crippen molar-refractivity contribution in [3.05, 3.63) is 30.5 Å². The lowest BCUT2D eigenvalue weighted by molar-refractivity contribution is 0.206. The van der Waals surface area contributed by atoms with Crippen molar-refractivity contribution in [2.75, 3.05) is 26.7 Å². The van der Waals surface area contributed by atoms with E-state index in [0.717, 1.165) is 35.6 Å². The van der Waals surface area contributed by atoms with Gasteiger partial charge in [-0.2, -0.15) is 0 Å². The van der Waals surface area contributed by atoms with Crippen LogP contribution in [0.2, 0.25) is 0 Å². The van der Waals surface area contributed by atoms with Gasteiger partial charge in [0.15, 0.2) is 0 Å². The summed E-state index contributed by atoms with van der Waals surface area (Å²) in [6.07, 6.45) is 7.88. The quantitative estimate of drug-likeness (QED) is 0.912. The molecule has 1 unspecified atom stereocenters. The van der Waals surface area contributed by atoms with Crippen molar-refractivity contribution >= 4 is 10.9 Å². The number of piperidine rings is 1. The van der Waals surface area contributed by atoms with Crippen LogP contribution in [0.3, 0.4) is 0 Å². The standard InChI is InChI=1S/C15H21N5/c1-20-6-2-3-12(10-20)7-16-9-14-15-13(4-5-18-14)8-17-11-19-15/h4-5,8,11-12,16H,2-3,6-7,9-10H2,1H3. The van der Waals surface area contributed by atoms with Gasteiger partial charge in [-0.1, -0.05) is 0 Å². The van der Waals surface area contributed by atoms with Gasteiger partial charge < -0.3 is 10.2 Å². The summed E-state index contributed by atoms with van der Waals surface area (Å²) in [6, 6.07) is 1.95. The first-order chi connectivity index (χ1) is 9.83. The summed E-state index contributed by atoms with van der Waals surface area (Å²) in [7, 11) is 2.20. The maximum absolute atomic E-state index is 4.44. The molecule has 1 fully saturated rings. The number of likely N-dealkylation sites (tertiary alicyclic amines) is 1. The van der Waals surface area contributed by atoms with Gasteiger partial charge >= 0.3 is 0 Å². The minimum Gasteiger partial charge on any atom is -0.311 e. The Labute approximate surface area is 119 Å². The molecular weight excluding hydrogens is 250 g/mol. The van der Waals surface area contributed by atoms with Gasteiger partial charge in [0.2, 0.25) is 0 Å². The van der Waals surface area contributed by atoms with Gasteiger partial charge in [-0.25, -0.2) is 9.97 Å². The largest absolute Gasteiger partial charge is 0.311 e. The molecule has 106 valence electrons. The molecule has 2 aromatic heterocycles. The molecule has 0 spiro atoms.